The Balaban J connectivity index is 1.97. The van der Waals surface area contributed by atoms with E-state index in [9.17, 15) is 0 Å². The number of hydrogen-bond acceptors (Lipinski definition) is 6. The standard InChI is InChI=1S/C14H18BrN3O3/c1-10-17-14(18-21-10)9-20-13-4-3-12(15)7-11(13)8-16-5-6-19-2/h3-4,7,16H,5-6,8-9H2,1-2H3. The Hall–Kier alpha value is -1.44. The van der Waals surface area contributed by atoms with Gasteiger partial charge in [-0.15, -0.1) is 0 Å². The number of halogens is 1. The third-order valence-electron chi connectivity index (χ3n) is 2.75. The second-order valence-electron chi connectivity index (χ2n) is 4.44. The second-order valence-corrected chi connectivity index (χ2v) is 5.36. The van der Waals surface area contributed by atoms with Crippen LogP contribution < -0.4 is 10.1 Å². The normalized spacial score (nSPS) is 10.8. The molecule has 21 heavy (non-hydrogen) atoms. The Morgan fingerprint density at radius 1 is 1.38 bits per heavy atom. The van der Waals surface area contributed by atoms with Crippen molar-refractivity contribution in [2.45, 2.75) is 20.1 Å². The Morgan fingerprint density at radius 2 is 2.24 bits per heavy atom. The van der Waals surface area contributed by atoms with Gasteiger partial charge in [-0.2, -0.15) is 4.98 Å². The summed E-state index contributed by atoms with van der Waals surface area (Å²) in [6.07, 6.45) is 0. The second kappa shape index (κ2) is 8.11. The number of methoxy groups -OCH3 is 1. The van der Waals surface area contributed by atoms with Gasteiger partial charge >= 0.3 is 0 Å². The minimum absolute atomic E-state index is 0.282. The van der Waals surface area contributed by atoms with E-state index in [2.05, 4.69) is 31.4 Å². The SMILES string of the molecule is COCCNCc1cc(Br)ccc1OCc1noc(C)n1. The molecule has 1 aromatic heterocycles. The molecule has 0 aliphatic carbocycles. The Morgan fingerprint density at radius 3 is 2.95 bits per heavy atom. The summed E-state index contributed by atoms with van der Waals surface area (Å²) in [5, 5.41) is 7.11. The Bertz CT molecular complexity index is 574. The van der Waals surface area contributed by atoms with Crippen LogP contribution in [-0.2, 0) is 17.9 Å². The van der Waals surface area contributed by atoms with Gasteiger partial charge in [0.15, 0.2) is 6.61 Å². The molecule has 1 aromatic carbocycles. The van der Waals surface area contributed by atoms with Crippen LogP contribution in [0.4, 0.5) is 0 Å². The molecular weight excluding hydrogens is 338 g/mol. The number of aryl methyl sites for hydroxylation is 1. The fourth-order valence-electron chi connectivity index (χ4n) is 1.77. The molecule has 0 bridgehead atoms. The molecule has 6 nitrogen and oxygen atoms in total. The number of rotatable bonds is 8. The highest BCUT2D eigenvalue weighted by molar-refractivity contribution is 9.10. The summed E-state index contributed by atoms with van der Waals surface area (Å²) in [7, 11) is 1.68. The first-order valence-electron chi connectivity index (χ1n) is 6.59. The van der Waals surface area contributed by atoms with E-state index in [1.165, 1.54) is 0 Å². The highest BCUT2D eigenvalue weighted by Gasteiger charge is 2.08. The largest absolute Gasteiger partial charge is 0.485 e. The van der Waals surface area contributed by atoms with Crippen LogP contribution in [0.1, 0.15) is 17.3 Å². The average Bonchev–Trinajstić information content (AvgIpc) is 2.88. The quantitative estimate of drug-likeness (QED) is 0.733. The van der Waals surface area contributed by atoms with Crippen LogP contribution in [0.25, 0.3) is 0 Å². The van der Waals surface area contributed by atoms with Gasteiger partial charge in [-0.1, -0.05) is 21.1 Å². The van der Waals surface area contributed by atoms with Crippen molar-refractivity contribution < 1.29 is 14.0 Å². The monoisotopic (exact) mass is 355 g/mol. The van der Waals surface area contributed by atoms with Crippen molar-refractivity contribution in [1.29, 1.82) is 0 Å². The van der Waals surface area contributed by atoms with Crippen LogP contribution >= 0.6 is 15.9 Å². The van der Waals surface area contributed by atoms with Crippen LogP contribution in [-0.4, -0.2) is 30.4 Å². The average molecular weight is 356 g/mol. The van der Waals surface area contributed by atoms with Crippen molar-refractivity contribution in [1.82, 2.24) is 15.5 Å². The number of ether oxygens (including phenoxy) is 2. The van der Waals surface area contributed by atoms with Gasteiger partial charge in [-0.05, 0) is 18.2 Å². The van der Waals surface area contributed by atoms with Crippen LogP contribution in [0, 0.1) is 6.92 Å². The summed E-state index contributed by atoms with van der Waals surface area (Å²) in [4.78, 5) is 4.12. The van der Waals surface area contributed by atoms with Crippen LogP contribution in [0.2, 0.25) is 0 Å². The van der Waals surface area contributed by atoms with Crippen molar-refractivity contribution in [3.05, 3.63) is 40.0 Å². The molecule has 1 heterocycles. The number of aromatic nitrogens is 2. The summed E-state index contributed by atoms with van der Waals surface area (Å²) in [5.41, 5.74) is 1.06. The maximum atomic E-state index is 5.77. The number of benzene rings is 1. The highest BCUT2D eigenvalue weighted by atomic mass is 79.9. The zero-order chi connectivity index (χ0) is 15.1. The molecule has 0 spiro atoms. The van der Waals surface area contributed by atoms with Gasteiger partial charge in [0.05, 0.1) is 6.61 Å². The van der Waals surface area contributed by atoms with Crippen LogP contribution in [0.5, 0.6) is 5.75 Å². The first kappa shape index (κ1) is 15.9. The van der Waals surface area contributed by atoms with Gasteiger partial charge in [0.2, 0.25) is 11.7 Å². The Labute approximate surface area is 132 Å². The van der Waals surface area contributed by atoms with E-state index in [4.69, 9.17) is 14.0 Å². The maximum Gasteiger partial charge on any atom is 0.223 e. The molecule has 7 heteroatoms. The molecule has 0 amide bonds. The van der Waals surface area contributed by atoms with Crippen LogP contribution in [0.15, 0.2) is 27.2 Å². The van der Waals surface area contributed by atoms with E-state index in [0.29, 0.717) is 24.9 Å². The number of nitrogens with zero attached hydrogens (tertiary/aromatic N) is 2. The van der Waals surface area contributed by atoms with Crippen molar-refractivity contribution in [2.75, 3.05) is 20.3 Å². The molecule has 1 N–H and O–H groups in total. The fourth-order valence-corrected chi connectivity index (χ4v) is 2.18. The van der Waals surface area contributed by atoms with E-state index in [0.717, 1.165) is 22.3 Å². The molecule has 0 radical (unpaired) electrons. The number of hydrogen-bond donors (Lipinski definition) is 1. The lowest BCUT2D eigenvalue weighted by Crippen LogP contribution is -2.19. The van der Waals surface area contributed by atoms with Gasteiger partial charge in [0.25, 0.3) is 0 Å². The molecule has 2 aromatic rings. The lowest BCUT2D eigenvalue weighted by Gasteiger charge is -2.11. The molecule has 0 saturated heterocycles. The fraction of sp³-hybridized carbons (Fsp3) is 0.429. The molecule has 0 atom stereocenters. The van der Waals surface area contributed by atoms with Crippen molar-refractivity contribution in [3.63, 3.8) is 0 Å². The van der Waals surface area contributed by atoms with Gasteiger partial charge in [-0.25, -0.2) is 0 Å². The molecule has 114 valence electrons. The van der Waals surface area contributed by atoms with Gasteiger partial charge in [0, 0.05) is 37.2 Å². The van der Waals surface area contributed by atoms with Gasteiger partial charge in [-0.3, -0.25) is 0 Å². The lowest BCUT2D eigenvalue weighted by atomic mass is 10.2. The molecular formula is C14H18BrN3O3. The third kappa shape index (κ3) is 5.11. The zero-order valence-electron chi connectivity index (χ0n) is 12.1. The molecule has 0 fully saturated rings. The third-order valence-corrected chi connectivity index (χ3v) is 3.24. The topological polar surface area (TPSA) is 69.4 Å². The van der Waals surface area contributed by atoms with E-state index >= 15 is 0 Å². The van der Waals surface area contributed by atoms with E-state index in [1.807, 2.05) is 18.2 Å². The minimum Gasteiger partial charge on any atom is -0.485 e. The van der Waals surface area contributed by atoms with Crippen molar-refractivity contribution in [3.8, 4) is 5.75 Å². The number of nitrogens with one attached hydrogen (secondary N) is 1. The molecule has 0 saturated carbocycles. The zero-order valence-corrected chi connectivity index (χ0v) is 13.6. The summed E-state index contributed by atoms with van der Waals surface area (Å²) in [6.45, 7) is 4.19. The Kier molecular flexibility index (Phi) is 6.16. The molecule has 0 unspecified atom stereocenters. The van der Waals surface area contributed by atoms with Gasteiger partial charge < -0.3 is 19.3 Å². The van der Waals surface area contributed by atoms with Gasteiger partial charge in [0.1, 0.15) is 5.75 Å². The first-order chi connectivity index (χ1) is 10.2. The maximum absolute atomic E-state index is 5.77. The van der Waals surface area contributed by atoms with Crippen LogP contribution in [0.3, 0.4) is 0 Å². The summed E-state index contributed by atoms with van der Waals surface area (Å²) < 4.78 is 16.7. The van der Waals surface area contributed by atoms with E-state index in [-0.39, 0.29) is 6.61 Å². The predicted molar refractivity (Wildman–Crippen MR) is 81.1 cm³/mol. The molecule has 0 aliphatic heterocycles. The first-order valence-corrected chi connectivity index (χ1v) is 7.38. The lowest BCUT2D eigenvalue weighted by molar-refractivity contribution is 0.199. The summed E-state index contributed by atoms with van der Waals surface area (Å²) >= 11 is 3.47. The predicted octanol–water partition coefficient (Wildman–Crippen LogP) is 2.46. The van der Waals surface area contributed by atoms with Crippen molar-refractivity contribution >= 4 is 15.9 Å². The molecule has 0 aliphatic rings. The summed E-state index contributed by atoms with van der Waals surface area (Å²) in [6, 6.07) is 5.89. The van der Waals surface area contributed by atoms with E-state index < -0.39 is 0 Å². The molecule has 2 rings (SSSR count). The summed E-state index contributed by atoms with van der Waals surface area (Å²) in [5.74, 6) is 1.87. The van der Waals surface area contributed by atoms with E-state index in [1.54, 1.807) is 14.0 Å². The minimum atomic E-state index is 0.282. The highest BCUT2D eigenvalue weighted by Crippen LogP contribution is 2.23. The van der Waals surface area contributed by atoms with Crippen molar-refractivity contribution in [2.24, 2.45) is 0 Å². The smallest absolute Gasteiger partial charge is 0.223 e.